The molecular formula is C26H39N5O. The third kappa shape index (κ3) is 6.63. The maximum Gasteiger partial charge on any atom is 0.280 e. The molecule has 0 aromatic carbocycles. The number of anilines is 1. The summed E-state index contributed by atoms with van der Waals surface area (Å²) >= 11 is 0. The minimum atomic E-state index is -0.330. The summed E-state index contributed by atoms with van der Waals surface area (Å²) in [4.78, 5) is 22.9. The van der Waals surface area contributed by atoms with Gasteiger partial charge in [-0.25, -0.2) is 4.98 Å². The van der Waals surface area contributed by atoms with Crippen molar-refractivity contribution in [1.82, 2.24) is 19.5 Å². The van der Waals surface area contributed by atoms with Crippen molar-refractivity contribution in [3.05, 3.63) is 16.2 Å². The molecule has 0 spiro atoms. The molecule has 0 amide bonds. The molecule has 32 heavy (non-hydrogen) atoms. The van der Waals surface area contributed by atoms with Gasteiger partial charge < -0.3 is 10.3 Å². The van der Waals surface area contributed by atoms with E-state index in [9.17, 15) is 4.79 Å². The molecule has 0 saturated heterocycles. The highest BCUT2D eigenvalue weighted by atomic mass is 16.1. The van der Waals surface area contributed by atoms with E-state index in [0.29, 0.717) is 29.2 Å². The predicted octanol–water partition coefficient (Wildman–Crippen LogP) is 5.03. The zero-order valence-corrected chi connectivity index (χ0v) is 20.4. The Labute approximate surface area is 192 Å². The Hall–Kier alpha value is -2.73. The van der Waals surface area contributed by atoms with Gasteiger partial charge in [-0.15, -0.1) is 0 Å². The average Bonchev–Trinajstić information content (AvgIpc) is 3.16. The van der Waals surface area contributed by atoms with Crippen molar-refractivity contribution in [2.45, 2.75) is 85.5 Å². The maximum atomic E-state index is 12.0. The number of imidazole rings is 1. The first-order valence-corrected chi connectivity index (χ1v) is 12.3. The lowest BCUT2D eigenvalue weighted by Gasteiger charge is -2.22. The Bertz CT molecular complexity index is 1030. The first-order valence-electron chi connectivity index (χ1n) is 12.3. The minimum absolute atomic E-state index is 0.0904. The second-order valence-electron chi connectivity index (χ2n) is 8.06. The molecule has 6 nitrogen and oxygen atoms in total. The Morgan fingerprint density at radius 3 is 1.97 bits per heavy atom. The van der Waals surface area contributed by atoms with Gasteiger partial charge in [-0.1, -0.05) is 64.7 Å². The first kappa shape index (κ1) is 25.5. The van der Waals surface area contributed by atoms with Crippen LogP contribution in [-0.4, -0.2) is 19.5 Å². The van der Waals surface area contributed by atoms with Crippen molar-refractivity contribution < 1.29 is 0 Å². The number of hydrogen-bond donors (Lipinski definition) is 2. The number of hydrogen-bond acceptors (Lipinski definition) is 4. The van der Waals surface area contributed by atoms with Crippen molar-refractivity contribution in [2.24, 2.45) is 24.8 Å². The number of aromatic amines is 1. The van der Waals surface area contributed by atoms with E-state index < -0.39 is 0 Å². The highest BCUT2D eigenvalue weighted by Gasteiger charge is 2.19. The van der Waals surface area contributed by atoms with Crippen LogP contribution in [0.2, 0.25) is 0 Å². The van der Waals surface area contributed by atoms with E-state index in [1.807, 2.05) is 34.7 Å². The van der Waals surface area contributed by atoms with Gasteiger partial charge in [-0.2, -0.15) is 4.98 Å². The number of H-pyrrole nitrogens is 1. The molecule has 0 unspecified atom stereocenters. The summed E-state index contributed by atoms with van der Waals surface area (Å²) in [5.74, 6) is 15.8. The van der Waals surface area contributed by atoms with Gasteiger partial charge in [0.05, 0.1) is 0 Å². The van der Waals surface area contributed by atoms with Crippen LogP contribution in [0.3, 0.4) is 0 Å². The number of nitrogens with two attached hydrogens (primary N) is 1. The van der Waals surface area contributed by atoms with Gasteiger partial charge >= 0.3 is 0 Å². The average molecular weight is 438 g/mol. The van der Waals surface area contributed by atoms with Crippen LogP contribution in [0.15, 0.2) is 4.79 Å². The van der Waals surface area contributed by atoms with Gasteiger partial charge in [0.25, 0.3) is 5.56 Å². The Kier molecular flexibility index (Phi) is 10.3. The molecular weight excluding hydrogens is 398 g/mol. The van der Waals surface area contributed by atoms with Crippen LogP contribution in [0.25, 0.3) is 11.2 Å². The van der Waals surface area contributed by atoms with Gasteiger partial charge in [0.1, 0.15) is 0 Å². The van der Waals surface area contributed by atoms with Crippen molar-refractivity contribution in [1.29, 1.82) is 0 Å². The summed E-state index contributed by atoms with van der Waals surface area (Å²) in [5.41, 5.74) is 6.04. The van der Waals surface area contributed by atoms with Crippen molar-refractivity contribution in [3.63, 3.8) is 0 Å². The van der Waals surface area contributed by atoms with Crippen LogP contribution in [0.4, 0.5) is 5.95 Å². The number of aryl methyl sites for hydroxylation is 1. The fourth-order valence-corrected chi connectivity index (χ4v) is 4.23. The van der Waals surface area contributed by atoms with Gasteiger partial charge in [-0.3, -0.25) is 9.78 Å². The number of nitrogens with one attached hydrogen (secondary N) is 1. The SMILES string of the molecule is CC.CC.Cn1c(C#CC2CCC(C#CC3CCCCC3)CC2)nc2c(=O)[nH]c(N)nc21. The number of fused-ring (bicyclic) bond motifs is 1. The molecule has 2 heterocycles. The van der Waals surface area contributed by atoms with E-state index >= 15 is 0 Å². The summed E-state index contributed by atoms with van der Waals surface area (Å²) in [6, 6.07) is 0. The van der Waals surface area contributed by atoms with Crippen molar-refractivity contribution in [3.8, 4) is 23.7 Å². The third-order valence-corrected chi connectivity index (χ3v) is 5.96. The van der Waals surface area contributed by atoms with Gasteiger partial charge in [0, 0.05) is 24.8 Å². The molecule has 174 valence electrons. The molecule has 0 aliphatic heterocycles. The number of aromatic nitrogens is 4. The highest BCUT2D eigenvalue weighted by Crippen LogP contribution is 2.29. The van der Waals surface area contributed by atoms with E-state index in [1.165, 1.54) is 32.1 Å². The van der Waals surface area contributed by atoms with Crippen molar-refractivity contribution in [2.75, 3.05) is 5.73 Å². The monoisotopic (exact) mass is 437 g/mol. The van der Waals surface area contributed by atoms with Crippen LogP contribution in [0.5, 0.6) is 0 Å². The van der Waals surface area contributed by atoms with Gasteiger partial charge in [0.2, 0.25) is 5.95 Å². The molecule has 6 heteroatoms. The van der Waals surface area contributed by atoms with E-state index in [-0.39, 0.29) is 17.0 Å². The van der Waals surface area contributed by atoms with Crippen molar-refractivity contribution >= 4 is 17.1 Å². The second-order valence-corrected chi connectivity index (χ2v) is 8.06. The normalized spacial score (nSPS) is 20.4. The summed E-state index contributed by atoms with van der Waals surface area (Å²) in [7, 11) is 1.81. The quantitative estimate of drug-likeness (QED) is 0.566. The predicted molar refractivity (Wildman–Crippen MR) is 133 cm³/mol. The van der Waals surface area contributed by atoms with Crippen LogP contribution in [0, 0.1) is 41.4 Å². The van der Waals surface area contributed by atoms with Crippen LogP contribution in [0.1, 0.15) is 91.3 Å². The fourth-order valence-electron chi connectivity index (χ4n) is 4.23. The standard InChI is InChI=1S/C22H27N5O.2C2H6/c1-27-18(24-19-20(27)25-22(23)26-21(19)28)14-13-17-11-9-16(10-12-17)8-7-15-5-3-2-4-6-15;2*1-2/h15-17H,2-6,9-12H2,1H3,(H3,23,25,26,28);2*1-2H3. The third-order valence-electron chi connectivity index (χ3n) is 5.96. The molecule has 2 aromatic rings. The lowest BCUT2D eigenvalue weighted by Crippen LogP contribution is -2.12. The zero-order chi connectivity index (χ0) is 23.5. The van der Waals surface area contributed by atoms with E-state index in [0.717, 1.165) is 25.7 Å². The number of nitrogens with zero attached hydrogens (tertiary/aromatic N) is 3. The molecule has 2 fully saturated rings. The van der Waals surface area contributed by atoms with E-state index in [1.54, 1.807) is 4.57 Å². The Morgan fingerprint density at radius 2 is 1.38 bits per heavy atom. The smallest absolute Gasteiger partial charge is 0.280 e. The molecule has 2 saturated carbocycles. The lowest BCUT2D eigenvalue weighted by atomic mass is 9.82. The summed E-state index contributed by atoms with van der Waals surface area (Å²) in [6.45, 7) is 8.00. The van der Waals surface area contributed by atoms with Gasteiger partial charge in [0.15, 0.2) is 17.0 Å². The van der Waals surface area contributed by atoms with E-state index in [4.69, 9.17) is 5.73 Å². The molecule has 4 rings (SSSR count). The highest BCUT2D eigenvalue weighted by molar-refractivity contribution is 5.72. The molecule has 2 aliphatic rings. The Balaban J connectivity index is 0.000000860. The molecule has 3 N–H and O–H groups in total. The fraction of sp³-hybridized carbons (Fsp3) is 0.654. The second kappa shape index (κ2) is 13.0. The summed E-state index contributed by atoms with van der Waals surface area (Å²) < 4.78 is 1.73. The molecule has 2 aliphatic carbocycles. The summed E-state index contributed by atoms with van der Waals surface area (Å²) in [5, 5.41) is 0. The number of nitrogen functional groups attached to an aromatic ring is 1. The molecule has 0 radical (unpaired) electrons. The Morgan fingerprint density at radius 1 is 0.844 bits per heavy atom. The van der Waals surface area contributed by atoms with Crippen LogP contribution >= 0.6 is 0 Å². The topological polar surface area (TPSA) is 89.6 Å². The first-order chi connectivity index (χ1) is 15.6. The zero-order valence-electron chi connectivity index (χ0n) is 20.4. The maximum absolute atomic E-state index is 12.0. The summed E-state index contributed by atoms with van der Waals surface area (Å²) in [6.07, 6.45) is 11.0. The van der Waals surface area contributed by atoms with Crippen LogP contribution < -0.4 is 11.3 Å². The molecule has 0 atom stereocenters. The lowest BCUT2D eigenvalue weighted by molar-refractivity contribution is 0.371. The van der Waals surface area contributed by atoms with Crippen LogP contribution in [-0.2, 0) is 7.05 Å². The van der Waals surface area contributed by atoms with E-state index in [2.05, 4.69) is 38.6 Å². The largest absolute Gasteiger partial charge is 0.369 e. The molecule has 0 bridgehead atoms. The molecule has 2 aromatic heterocycles. The van der Waals surface area contributed by atoms with Gasteiger partial charge in [-0.05, 0) is 44.4 Å². The number of rotatable bonds is 0. The minimum Gasteiger partial charge on any atom is -0.369 e.